The van der Waals surface area contributed by atoms with Crippen LogP contribution in [0.1, 0.15) is 283 Å². The van der Waals surface area contributed by atoms with Crippen molar-refractivity contribution >= 4 is 97.3 Å². The molecule has 0 radical (unpaired) electrons. The average Bonchev–Trinajstić information content (AvgIpc) is 1.10. The molecule has 4 aliphatic carbocycles. The van der Waals surface area contributed by atoms with Gasteiger partial charge in [0.05, 0.1) is 36.4 Å². The highest BCUT2D eigenvalue weighted by Crippen LogP contribution is 2.38. The number of benzene rings is 1. The van der Waals surface area contributed by atoms with E-state index in [2.05, 4.69) is 79.4 Å². The summed E-state index contributed by atoms with van der Waals surface area (Å²) in [6.07, 6.45) is 15.6. The number of aliphatic hydroxyl groups excluding tert-OH is 1. The van der Waals surface area contributed by atoms with Crippen molar-refractivity contribution in [3.63, 3.8) is 0 Å². The van der Waals surface area contributed by atoms with Gasteiger partial charge in [0.25, 0.3) is 16.0 Å². The summed E-state index contributed by atoms with van der Waals surface area (Å²) in [7, 11) is 0.0965. The number of nitrogens with zero attached hydrogens (tertiary/aromatic N) is 6. The number of nitrogens with two attached hydrogens (primary N) is 3. The zero-order valence-corrected chi connectivity index (χ0v) is 85.9. The third kappa shape index (κ3) is 73.1. The number of nitrogens with one attached hydrogen (secondary N) is 7. The van der Waals surface area contributed by atoms with Crippen molar-refractivity contribution < 1.29 is 98.4 Å². The van der Waals surface area contributed by atoms with E-state index in [4.69, 9.17) is 74.7 Å². The largest absolute Gasteiger partial charge is 0.503 e. The van der Waals surface area contributed by atoms with Gasteiger partial charge in [-0.2, -0.15) is 8.42 Å². The Morgan fingerprint density at radius 2 is 1.08 bits per heavy atom. The van der Waals surface area contributed by atoms with Crippen molar-refractivity contribution in [3.8, 4) is 5.75 Å². The predicted molar refractivity (Wildman–Crippen MR) is 512 cm³/mol. The van der Waals surface area contributed by atoms with Crippen LogP contribution in [0.4, 0.5) is 32.8 Å². The quantitative estimate of drug-likeness (QED) is 0.00455. The first-order chi connectivity index (χ1) is 59.9. The monoisotopic (exact) mass is 1940 g/mol. The van der Waals surface area contributed by atoms with Crippen LogP contribution in [0.5, 0.6) is 5.75 Å². The van der Waals surface area contributed by atoms with Crippen LogP contribution in [0.15, 0.2) is 34.3 Å². The SMILES string of the molecule is CC(C)C=O.CCP.CO.C[C@@H](CC=O)NC(=O)OC(C)(C)C.C[C@@H](CCNC1CC1)NC(=O)OC(C)(C)C.C[C@H](CN)NC(=O)OC(C)(C)C.C[C@H](CN=[N+]=[N-])NC(=O)OC(C)(C)C.C[C@H](COS(C)(=O)=O)NC(=O)OC(C)(C)C.C[C@H](N)CCNC1CC1.C[C@H]1CCN(C2CC2)[C@@H]2Cn3cc(C(=O)CCc4ccc(F)cc4F)c(=O)c(O)c3C(=O)N12.ClCCl.NC1CC1. The Morgan fingerprint density at radius 3 is 1.43 bits per heavy atom. The molecule has 9 atom stereocenters. The van der Waals surface area contributed by atoms with E-state index in [0.717, 1.165) is 102 Å². The molecule has 1 aromatic carbocycles. The van der Waals surface area contributed by atoms with E-state index in [-0.39, 0.29) is 96.5 Å². The Bertz CT molecular complexity index is 3830. The Kier molecular flexibility index (Phi) is 66.3. The number of carbonyl (C=O) groups excluding carboxylic acids is 9. The zero-order chi connectivity index (χ0) is 101. The van der Waals surface area contributed by atoms with Gasteiger partial charge < -0.3 is 107 Å². The molecule has 36 nitrogen and oxygen atoms in total. The normalized spacial score (nSPS) is 16.7. The van der Waals surface area contributed by atoms with E-state index in [1.54, 1.807) is 88.0 Å². The van der Waals surface area contributed by atoms with Crippen LogP contribution in [0.3, 0.4) is 0 Å². The maximum atomic E-state index is 13.9. The smallest absolute Gasteiger partial charge is 0.407 e. The topological polar surface area (TPSA) is 523 Å². The lowest BCUT2D eigenvalue weighted by Crippen LogP contribution is -2.64. The number of rotatable bonds is 27. The van der Waals surface area contributed by atoms with E-state index in [1.165, 1.54) is 61.5 Å². The number of Topliss-reactive ketones (excluding diaryl/α,β-unsaturated/α-hetero) is 1. The molecule has 1 unspecified atom stereocenters. The average molecular weight is 1940 g/mol. The predicted octanol–water partition coefficient (Wildman–Crippen LogP) is 13.5. The molecule has 0 bridgehead atoms. The number of aliphatic hydroxyl groups is 1. The molecule has 130 heavy (non-hydrogen) atoms. The molecular weight excluding hydrogens is 1770 g/mol. The highest BCUT2D eigenvalue weighted by molar-refractivity contribution is 7.86. The number of pyridine rings is 1. The molecule has 6 amide bonds. The number of ketones is 1. The first-order valence-corrected chi connectivity index (χ1v) is 47.8. The molecule has 15 N–H and O–H groups in total. The van der Waals surface area contributed by atoms with Gasteiger partial charge >= 0.3 is 30.5 Å². The summed E-state index contributed by atoms with van der Waals surface area (Å²) in [5.74, 6) is -2.98. The molecule has 8 rings (SSSR count). The number of alkyl carbamates (subject to hydrolysis) is 5. The van der Waals surface area contributed by atoms with Crippen molar-refractivity contribution in [1.29, 1.82) is 0 Å². The van der Waals surface area contributed by atoms with E-state index in [0.29, 0.717) is 37.6 Å². The van der Waals surface area contributed by atoms with Crippen LogP contribution in [-0.4, -0.2) is 253 Å². The van der Waals surface area contributed by atoms with Gasteiger partial charge in [-0.25, -0.2) is 32.8 Å². The molecule has 754 valence electrons. The summed E-state index contributed by atoms with van der Waals surface area (Å²) in [6.45, 7) is 49.5. The van der Waals surface area contributed by atoms with Crippen molar-refractivity contribution in [2.75, 3.05) is 64.2 Å². The van der Waals surface area contributed by atoms with Gasteiger partial charge in [0.15, 0.2) is 17.2 Å². The van der Waals surface area contributed by atoms with Crippen LogP contribution in [0.2, 0.25) is 0 Å². The number of aromatic hydroxyl groups is 1. The molecule has 6 aliphatic rings. The number of carbonyl (C=O) groups is 9. The molecular formula is C88H163Cl2F2N16O20PS. The summed E-state index contributed by atoms with van der Waals surface area (Å²) < 4.78 is 79.6. The first-order valence-electron chi connectivity index (χ1n) is 44.1. The van der Waals surface area contributed by atoms with Crippen LogP contribution in [-0.2, 0) is 60.5 Å². The Labute approximate surface area is 785 Å². The van der Waals surface area contributed by atoms with Gasteiger partial charge in [0.2, 0.25) is 5.43 Å². The molecule has 2 aromatic rings. The summed E-state index contributed by atoms with van der Waals surface area (Å²) in [5, 5.41) is 40.9. The van der Waals surface area contributed by atoms with Gasteiger partial charge in [0.1, 0.15) is 58.4 Å². The number of aryl methyl sites for hydroxylation is 1. The lowest BCUT2D eigenvalue weighted by molar-refractivity contribution is -0.110. The molecule has 2 aliphatic heterocycles. The highest BCUT2D eigenvalue weighted by atomic mass is 35.5. The van der Waals surface area contributed by atoms with Crippen molar-refractivity contribution in [1.82, 2.24) is 51.6 Å². The number of halogens is 4. The number of amides is 6. The van der Waals surface area contributed by atoms with Crippen molar-refractivity contribution in [2.24, 2.45) is 28.2 Å². The van der Waals surface area contributed by atoms with Crippen molar-refractivity contribution in [3.05, 3.63) is 73.5 Å². The second kappa shape index (κ2) is 66.9. The maximum Gasteiger partial charge on any atom is 0.407 e. The number of hydrogen-bond acceptors (Lipinski definition) is 27. The number of fused-ring (bicyclic) bond motifs is 2. The minimum atomic E-state index is -3.48. The van der Waals surface area contributed by atoms with E-state index >= 15 is 0 Å². The second-order valence-corrected chi connectivity index (χ2v) is 40.5. The highest BCUT2D eigenvalue weighted by Gasteiger charge is 2.47. The van der Waals surface area contributed by atoms with Crippen molar-refractivity contribution in [2.45, 2.75) is 370 Å². The lowest BCUT2D eigenvalue weighted by Gasteiger charge is -2.50. The Morgan fingerprint density at radius 1 is 0.677 bits per heavy atom. The molecule has 0 spiro atoms. The van der Waals surface area contributed by atoms with Crippen LogP contribution >= 0.6 is 32.4 Å². The molecule has 1 aromatic heterocycles. The number of ether oxygens (including phenoxy) is 5. The first kappa shape index (κ1) is 129. The molecule has 42 heteroatoms. The Balaban J connectivity index is -0.000000717. The number of alkyl halides is 2. The lowest BCUT2D eigenvalue weighted by atomic mass is 10.00. The minimum absolute atomic E-state index is 0.0186. The third-order valence-corrected chi connectivity index (χ3v) is 17.2. The fourth-order valence-electron chi connectivity index (χ4n) is 10.1. The zero-order valence-electron chi connectivity index (χ0n) is 82.4. The van der Waals surface area contributed by atoms with Gasteiger partial charge in [-0.05, 0) is 266 Å². The van der Waals surface area contributed by atoms with E-state index in [1.807, 2.05) is 76.2 Å². The van der Waals surface area contributed by atoms with Gasteiger partial charge in [-0.1, -0.05) is 32.0 Å². The van der Waals surface area contributed by atoms with Gasteiger partial charge in [-0.15, -0.1) is 32.4 Å². The molecule has 3 heterocycles. The third-order valence-electron chi connectivity index (χ3n) is 16.7. The maximum absolute atomic E-state index is 13.9. The molecule has 1 saturated heterocycles. The van der Waals surface area contributed by atoms with Crippen LogP contribution in [0.25, 0.3) is 10.4 Å². The van der Waals surface area contributed by atoms with E-state index < -0.39 is 103 Å². The summed E-state index contributed by atoms with van der Waals surface area (Å²) in [6, 6.07) is 5.31. The fraction of sp³-hybridized carbons (Fsp3) is 0.773. The number of azide groups is 1. The van der Waals surface area contributed by atoms with Crippen LogP contribution in [0, 0.1) is 17.6 Å². The molecule has 5 fully saturated rings. The Hall–Kier alpha value is -7.39. The number of aldehydes is 2. The summed E-state index contributed by atoms with van der Waals surface area (Å²) >= 11 is 9.53. The number of hydrogen-bond donors (Lipinski definition) is 12. The van der Waals surface area contributed by atoms with Gasteiger partial charge in [0, 0.05) is 123 Å². The molecule has 4 saturated carbocycles. The van der Waals surface area contributed by atoms with Gasteiger partial charge in [-0.3, -0.25) is 23.5 Å². The minimum Gasteiger partial charge on any atom is -0.503 e. The summed E-state index contributed by atoms with van der Waals surface area (Å²) in [4.78, 5) is 121. The van der Waals surface area contributed by atoms with E-state index in [9.17, 15) is 70.3 Å². The van der Waals surface area contributed by atoms with Crippen LogP contribution < -0.4 is 59.8 Å². The summed E-state index contributed by atoms with van der Waals surface area (Å²) in [5.41, 5.74) is 20.6. The standard InChI is InChI=1S/C24H25F2N3O4.C12H24N2O2.C9H19NO5S.C9H17NO3.C8H16N4O2.C8H18N2O2.C7H16N2.C4H8O.C3H7N.C2H7P.CH2Cl2.CH4O/c1-13-8-9-28(16-5-6-16)20-12-27-11-17(22(31)23(32)21(27)24(33)29(13)20)19(30)7-3-14-2-4-15(25)10-18(14)26;1-9(7-8-13-10-5-6-10)14-11(15)16-12(2,3)4;1-7(6-14-16(5,12)13)10-8(11)15-9(2,3)4;1-7(5-6-11)10-8(12)13-9(2,3)4;1-6(5-10-12-9)11-7(13)14-8(2,3)4;1-6(5-9)10-7(11)12-8(2,3)4;1-6(8)4-5-9-7-2-3-7;1-4(2)3-5;4-3-1-2-3;1-2-3;2-1-3;1-2/h2,4,10-11,13,16,20,32H,3,5-9,12H2,1H3;9-10,13H,5-8H2,1-4H3,(H,14,15);7H,6H2,1-5H3,(H,10,11);6-7H,5H2,1-4H3,(H,10,12);6H,5H2,1-4H3,(H,11,13);6H,5,9H2,1-4H3,(H,10,11);6-7,9H,2-5,8H2,1H3;3-4H,1-2H3;3H,1-2,4H2;2-3H2,1H3;1H2;2H,1H3/t13-,20-;9-;2*7-;3*6-;;;;;/m0010110...../s1. The second-order valence-electron chi connectivity index (χ2n) is 37.2. The number of aromatic nitrogens is 1. The fourth-order valence-corrected chi connectivity index (χ4v) is 10.6.